The van der Waals surface area contributed by atoms with Crippen molar-refractivity contribution in [2.45, 2.75) is 5.66 Å². The van der Waals surface area contributed by atoms with Crippen LogP contribution in [0.4, 0.5) is 17.2 Å². The number of pyridine rings is 1. The summed E-state index contributed by atoms with van der Waals surface area (Å²) in [6, 6.07) is 29.6. The molecular formula is C28H22N4O3. The number of aromatic nitrogens is 1. The number of nitrogens with one attached hydrogen (secondary N) is 1. The molecule has 1 spiro atoms. The van der Waals surface area contributed by atoms with E-state index >= 15 is 0 Å². The van der Waals surface area contributed by atoms with E-state index in [-0.39, 0.29) is 11.8 Å². The number of benzene rings is 3. The first-order valence-corrected chi connectivity index (χ1v) is 11.4. The van der Waals surface area contributed by atoms with Gasteiger partial charge in [0.25, 0.3) is 11.8 Å². The van der Waals surface area contributed by atoms with Crippen LogP contribution in [0.3, 0.4) is 0 Å². The lowest BCUT2D eigenvalue weighted by Crippen LogP contribution is -2.63. The quantitative estimate of drug-likeness (QED) is 0.475. The molecule has 0 radical (unpaired) electrons. The van der Waals surface area contributed by atoms with Crippen molar-refractivity contribution in [3.05, 3.63) is 114 Å². The molecule has 3 aromatic carbocycles. The second kappa shape index (κ2) is 8.29. The molecular weight excluding hydrogens is 440 g/mol. The third kappa shape index (κ3) is 3.24. The molecule has 7 heteroatoms. The normalized spacial score (nSPS) is 18.3. The molecule has 1 atom stereocenters. The van der Waals surface area contributed by atoms with Gasteiger partial charge in [-0.3, -0.25) is 14.5 Å². The maximum atomic E-state index is 14.3. The van der Waals surface area contributed by atoms with Crippen LogP contribution in [0.25, 0.3) is 0 Å². The molecule has 7 nitrogen and oxygen atoms in total. The number of fused-ring (bicyclic) bond motifs is 3. The fourth-order valence-electron chi connectivity index (χ4n) is 4.83. The summed E-state index contributed by atoms with van der Waals surface area (Å²) in [7, 11) is 0. The third-order valence-electron chi connectivity index (χ3n) is 6.36. The van der Waals surface area contributed by atoms with E-state index in [1.807, 2.05) is 72.8 Å². The maximum Gasteiger partial charge on any atom is 0.279 e. The van der Waals surface area contributed by atoms with Crippen molar-refractivity contribution in [2.75, 3.05) is 28.3 Å². The molecule has 2 aliphatic heterocycles. The van der Waals surface area contributed by atoms with E-state index in [0.717, 1.165) is 11.4 Å². The molecule has 4 aromatic rings. The molecule has 3 heterocycles. The van der Waals surface area contributed by atoms with Crippen molar-refractivity contribution in [3.63, 3.8) is 0 Å². The van der Waals surface area contributed by atoms with Gasteiger partial charge in [0.05, 0.1) is 17.8 Å². The average molecular weight is 463 g/mol. The Bertz CT molecular complexity index is 1410. The largest absolute Gasteiger partial charge is 0.492 e. The highest BCUT2D eigenvalue weighted by Gasteiger charge is 2.60. The molecule has 0 saturated heterocycles. The summed E-state index contributed by atoms with van der Waals surface area (Å²) < 4.78 is 5.89. The van der Waals surface area contributed by atoms with E-state index in [4.69, 9.17) is 4.74 Å². The third-order valence-corrected chi connectivity index (χ3v) is 6.36. The molecule has 0 saturated carbocycles. The second-order valence-corrected chi connectivity index (χ2v) is 8.34. The topological polar surface area (TPSA) is 74.8 Å². The Morgan fingerprint density at radius 1 is 0.829 bits per heavy atom. The predicted molar refractivity (Wildman–Crippen MR) is 134 cm³/mol. The van der Waals surface area contributed by atoms with Crippen LogP contribution < -0.4 is 19.9 Å². The number of hydrogen-bond acceptors (Lipinski definition) is 5. The first-order valence-electron chi connectivity index (χ1n) is 11.4. The van der Waals surface area contributed by atoms with E-state index < -0.39 is 5.66 Å². The van der Waals surface area contributed by atoms with Gasteiger partial charge in [0.1, 0.15) is 18.2 Å². The number of hydrogen-bond donors (Lipinski definition) is 1. The number of anilines is 3. The van der Waals surface area contributed by atoms with Gasteiger partial charge in [-0.1, -0.05) is 54.6 Å². The van der Waals surface area contributed by atoms with Gasteiger partial charge in [-0.05, 0) is 42.5 Å². The lowest BCUT2D eigenvalue weighted by molar-refractivity contribution is -0.122. The molecule has 1 N–H and O–H groups in total. The Hall–Kier alpha value is -4.65. The summed E-state index contributed by atoms with van der Waals surface area (Å²) in [4.78, 5) is 35.8. The molecule has 0 aliphatic carbocycles. The standard InChI is InChI=1S/C28H22N4O3/c33-26-21-12-4-6-14-23(21)30-28(32(26)25-16-8-9-17-29-25)22-13-5-7-15-24(22)31(27(28)34)18-19-35-20-10-2-1-3-11-20/h1-17,30H,18-19H2. The van der Waals surface area contributed by atoms with Crippen molar-refractivity contribution in [1.29, 1.82) is 0 Å². The summed E-state index contributed by atoms with van der Waals surface area (Å²) in [6.07, 6.45) is 1.62. The van der Waals surface area contributed by atoms with E-state index in [1.165, 1.54) is 4.90 Å². The van der Waals surface area contributed by atoms with Crippen LogP contribution >= 0.6 is 0 Å². The van der Waals surface area contributed by atoms with Crippen molar-refractivity contribution < 1.29 is 14.3 Å². The maximum absolute atomic E-state index is 14.3. The molecule has 0 bridgehead atoms. The number of carbonyl (C=O) groups excluding carboxylic acids is 2. The zero-order chi connectivity index (χ0) is 23.8. The summed E-state index contributed by atoms with van der Waals surface area (Å²) in [5, 5.41) is 3.43. The van der Waals surface area contributed by atoms with Gasteiger partial charge in [-0.2, -0.15) is 0 Å². The van der Waals surface area contributed by atoms with Crippen molar-refractivity contribution in [3.8, 4) is 5.75 Å². The number of rotatable bonds is 5. The summed E-state index contributed by atoms with van der Waals surface area (Å²) >= 11 is 0. The Kier molecular flexibility index (Phi) is 4.95. The minimum atomic E-state index is -1.47. The highest BCUT2D eigenvalue weighted by atomic mass is 16.5. The summed E-state index contributed by atoms with van der Waals surface area (Å²) in [5.41, 5.74) is 1.05. The van der Waals surface area contributed by atoms with Gasteiger partial charge < -0.3 is 15.0 Å². The number of nitrogens with zero attached hydrogens (tertiary/aromatic N) is 3. The number of ether oxygens (including phenoxy) is 1. The molecule has 35 heavy (non-hydrogen) atoms. The van der Waals surface area contributed by atoms with Gasteiger partial charge in [-0.15, -0.1) is 0 Å². The highest BCUT2D eigenvalue weighted by molar-refractivity contribution is 6.22. The minimum Gasteiger partial charge on any atom is -0.492 e. The SMILES string of the molecule is O=C1c2ccccc2NC2(C(=O)N(CCOc3ccccc3)c3ccccc32)N1c1ccccn1. The van der Waals surface area contributed by atoms with Crippen LogP contribution in [-0.2, 0) is 10.5 Å². The van der Waals surface area contributed by atoms with E-state index in [9.17, 15) is 9.59 Å². The van der Waals surface area contributed by atoms with Crippen LogP contribution in [0.5, 0.6) is 5.75 Å². The van der Waals surface area contributed by atoms with Gasteiger partial charge in [0.2, 0.25) is 5.66 Å². The lowest BCUT2D eigenvalue weighted by atomic mass is 9.93. The van der Waals surface area contributed by atoms with Crippen LogP contribution in [0.2, 0.25) is 0 Å². The van der Waals surface area contributed by atoms with Crippen molar-refractivity contribution >= 4 is 29.0 Å². The molecule has 0 fully saturated rings. The fraction of sp³-hybridized carbons (Fsp3) is 0.107. The van der Waals surface area contributed by atoms with Crippen LogP contribution in [0.15, 0.2) is 103 Å². The summed E-state index contributed by atoms with van der Waals surface area (Å²) in [6.45, 7) is 0.619. The predicted octanol–water partition coefficient (Wildman–Crippen LogP) is 4.43. The van der Waals surface area contributed by atoms with Crippen molar-refractivity contribution in [2.24, 2.45) is 0 Å². The minimum absolute atomic E-state index is 0.260. The molecule has 1 aromatic heterocycles. The second-order valence-electron chi connectivity index (χ2n) is 8.34. The number of carbonyl (C=O) groups is 2. The van der Waals surface area contributed by atoms with Gasteiger partial charge in [0, 0.05) is 17.4 Å². The van der Waals surface area contributed by atoms with Crippen molar-refractivity contribution in [1.82, 2.24) is 4.98 Å². The Labute approximate surface area is 202 Å². The van der Waals surface area contributed by atoms with E-state index in [0.29, 0.717) is 35.8 Å². The molecule has 172 valence electrons. The average Bonchev–Trinajstić information content (AvgIpc) is 3.13. The van der Waals surface area contributed by atoms with Crippen LogP contribution in [0.1, 0.15) is 15.9 Å². The smallest absolute Gasteiger partial charge is 0.279 e. The Morgan fingerprint density at radius 2 is 1.57 bits per heavy atom. The fourth-order valence-corrected chi connectivity index (χ4v) is 4.83. The van der Waals surface area contributed by atoms with Gasteiger partial charge in [-0.25, -0.2) is 4.98 Å². The first-order chi connectivity index (χ1) is 17.2. The first kappa shape index (κ1) is 20.9. The van der Waals surface area contributed by atoms with Crippen LogP contribution in [-0.4, -0.2) is 29.9 Å². The summed E-state index contributed by atoms with van der Waals surface area (Å²) in [5.74, 6) is 0.578. The molecule has 6 rings (SSSR count). The molecule has 2 aliphatic rings. The molecule has 2 amide bonds. The zero-order valence-electron chi connectivity index (χ0n) is 18.8. The monoisotopic (exact) mass is 462 g/mol. The van der Waals surface area contributed by atoms with E-state index in [2.05, 4.69) is 10.3 Å². The van der Waals surface area contributed by atoms with Gasteiger partial charge in [0.15, 0.2) is 0 Å². The Balaban J connectivity index is 1.45. The van der Waals surface area contributed by atoms with Crippen LogP contribution in [0, 0.1) is 0 Å². The lowest BCUT2D eigenvalue weighted by Gasteiger charge is -2.44. The van der Waals surface area contributed by atoms with E-state index in [1.54, 1.807) is 35.4 Å². The number of amides is 2. The zero-order valence-corrected chi connectivity index (χ0v) is 18.8. The number of para-hydroxylation sites is 3. The molecule has 1 unspecified atom stereocenters. The highest BCUT2D eigenvalue weighted by Crippen LogP contribution is 2.49. The van der Waals surface area contributed by atoms with Gasteiger partial charge >= 0.3 is 0 Å². The Morgan fingerprint density at radius 3 is 2.40 bits per heavy atom.